The molecule has 0 saturated carbocycles. The van der Waals surface area contributed by atoms with E-state index in [0.717, 1.165) is 5.75 Å². The molecule has 2 aliphatic carbocycles. The maximum Gasteiger partial charge on any atom is 0.126 e. The first kappa shape index (κ1) is 18.2. The highest BCUT2D eigenvalue weighted by molar-refractivity contribution is 7.69. The van der Waals surface area contributed by atoms with Gasteiger partial charge in [0.15, 0.2) is 0 Å². The van der Waals surface area contributed by atoms with Crippen molar-refractivity contribution in [2.75, 3.05) is 7.11 Å². The molecule has 0 bridgehead atoms. The molecule has 3 rings (SSSR count). The third-order valence-corrected chi connectivity index (χ3v) is 9.91. The highest BCUT2D eigenvalue weighted by Gasteiger charge is 2.49. The molecule has 4 unspecified atom stereocenters. The van der Waals surface area contributed by atoms with Gasteiger partial charge in [0.05, 0.1) is 7.11 Å². The fourth-order valence-corrected chi connectivity index (χ4v) is 8.22. The Hall–Kier alpha value is -1.59. The SMILES string of the molecule is COc1ccccc1P(C1(C)C=CC=CC1C)C1(C)C=CC=CC1C. The fourth-order valence-electron chi connectivity index (χ4n) is 4.06. The Morgan fingerprint density at radius 1 is 0.840 bits per heavy atom. The second-order valence-electron chi connectivity index (χ2n) is 7.52. The van der Waals surface area contributed by atoms with E-state index in [-0.39, 0.29) is 10.3 Å². The monoisotopic (exact) mass is 352 g/mol. The van der Waals surface area contributed by atoms with E-state index in [4.69, 9.17) is 4.74 Å². The predicted molar refractivity (Wildman–Crippen MR) is 111 cm³/mol. The van der Waals surface area contributed by atoms with E-state index < -0.39 is 7.92 Å². The number of rotatable bonds is 4. The van der Waals surface area contributed by atoms with E-state index in [2.05, 4.69) is 101 Å². The van der Waals surface area contributed by atoms with E-state index in [1.807, 2.05) is 0 Å². The number of hydrogen-bond donors (Lipinski definition) is 0. The molecule has 132 valence electrons. The van der Waals surface area contributed by atoms with Crippen molar-refractivity contribution in [3.05, 3.63) is 72.9 Å². The van der Waals surface area contributed by atoms with Crippen LogP contribution in [0.15, 0.2) is 72.9 Å². The Bertz CT molecular complexity index is 704. The van der Waals surface area contributed by atoms with Gasteiger partial charge >= 0.3 is 0 Å². The lowest BCUT2D eigenvalue weighted by Crippen LogP contribution is -2.44. The van der Waals surface area contributed by atoms with Gasteiger partial charge in [-0.1, -0.05) is 102 Å². The van der Waals surface area contributed by atoms with Gasteiger partial charge < -0.3 is 4.74 Å². The lowest BCUT2D eigenvalue weighted by atomic mass is 9.89. The zero-order valence-corrected chi connectivity index (χ0v) is 16.8. The molecule has 1 aromatic rings. The van der Waals surface area contributed by atoms with Gasteiger partial charge in [-0.15, -0.1) is 0 Å². The van der Waals surface area contributed by atoms with Gasteiger partial charge in [-0.05, 0) is 17.9 Å². The smallest absolute Gasteiger partial charge is 0.126 e. The molecular weight excluding hydrogens is 323 g/mol. The van der Waals surface area contributed by atoms with Crippen LogP contribution >= 0.6 is 7.92 Å². The van der Waals surface area contributed by atoms with Gasteiger partial charge in [-0.25, -0.2) is 0 Å². The summed E-state index contributed by atoms with van der Waals surface area (Å²) >= 11 is 0. The number of para-hydroxylation sites is 1. The van der Waals surface area contributed by atoms with Crippen LogP contribution in [-0.2, 0) is 0 Å². The molecule has 1 nitrogen and oxygen atoms in total. The van der Waals surface area contributed by atoms with Gasteiger partial charge in [0, 0.05) is 15.6 Å². The molecule has 0 amide bonds. The van der Waals surface area contributed by atoms with Gasteiger partial charge in [0.1, 0.15) is 5.75 Å². The van der Waals surface area contributed by atoms with E-state index in [1.54, 1.807) is 7.11 Å². The van der Waals surface area contributed by atoms with Crippen LogP contribution in [0.4, 0.5) is 0 Å². The zero-order chi connectivity index (χ0) is 18.1. The summed E-state index contributed by atoms with van der Waals surface area (Å²) in [6.45, 7) is 9.56. The quantitative estimate of drug-likeness (QED) is 0.618. The Balaban J connectivity index is 2.23. The molecule has 2 aliphatic rings. The maximum atomic E-state index is 5.80. The minimum absolute atomic E-state index is 0.0806. The lowest BCUT2D eigenvalue weighted by molar-refractivity contribution is 0.417. The number of ether oxygens (including phenoxy) is 1. The molecule has 25 heavy (non-hydrogen) atoms. The molecule has 4 atom stereocenters. The van der Waals surface area contributed by atoms with Crippen molar-refractivity contribution in [1.29, 1.82) is 0 Å². The second-order valence-corrected chi connectivity index (χ2v) is 10.6. The Morgan fingerprint density at radius 2 is 1.36 bits per heavy atom. The van der Waals surface area contributed by atoms with E-state index >= 15 is 0 Å². The van der Waals surface area contributed by atoms with Crippen molar-refractivity contribution in [2.45, 2.75) is 38.0 Å². The summed E-state index contributed by atoms with van der Waals surface area (Å²) in [6.07, 6.45) is 18.4. The van der Waals surface area contributed by atoms with Crippen LogP contribution in [0.5, 0.6) is 5.75 Å². The minimum Gasteiger partial charge on any atom is -0.496 e. The first-order chi connectivity index (χ1) is 11.9. The summed E-state index contributed by atoms with van der Waals surface area (Å²) in [5.41, 5.74) is 0. The summed E-state index contributed by atoms with van der Waals surface area (Å²) in [6, 6.07) is 8.61. The molecule has 0 fully saturated rings. The molecular formula is C23H29OP. The summed E-state index contributed by atoms with van der Waals surface area (Å²) in [5.74, 6) is 1.98. The normalized spacial score (nSPS) is 34.9. The lowest BCUT2D eigenvalue weighted by Gasteiger charge is -2.52. The Morgan fingerprint density at radius 3 is 1.84 bits per heavy atom. The molecule has 0 saturated heterocycles. The Kier molecular flexibility index (Phi) is 5.07. The summed E-state index contributed by atoms with van der Waals surface area (Å²) in [4.78, 5) is 0. The van der Waals surface area contributed by atoms with Crippen LogP contribution in [0.1, 0.15) is 27.7 Å². The first-order valence-corrected chi connectivity index (χ1v) is 10.4. The summed E-state index contributed by atoms with van der Waals surface area (Å²) < 4.78 is 5.80. The molecule has 0 aromatic heterocycles. The second kappa shape index (κ2) is 6.96. The molecule has 1 aromatic carbocycles. The number of benzene rings is 1. The van der Waals surface area contributed by atoms with Gasteiger partial charge in [0.25, 0.3) is 0 Å². The third kappa shape index (κ3) is 3.04. The molecule has 0 aliphatic heterocycles. The van der Waals surface area contributed by atoms with Crippen molar-refractivity contribution in [3.63, 3.8) is 0 Å². The first-order valence-electron chi connectivity index (χ1n) is 9.09. The maximum absolute atomic E-state index is 5.80. The highest BCUT2D eigenvalue weighted by Crippen LogP contribution is 2.67. The number of methoxy groups -OCH3 is 1. The molecule has 0 heterocycles. The van der Waals surface area contributed by atoms with Crippen molar-refractivity contribution in [2.24, 2.45) is 11.8 Å². The summed E-state index contributed by atoms with van der Waals surface area (Å²) in [7, 11) is 1.23. The molecule has 0 radical (unpaired) electrons. The van der Waals surface area contributed by atoms with Crippen molar-refractivity contribution < 1.29 is 4.74 Å². The van der Waals surface area contributed by atoms with Crippen LogP contribution in [0.2, 0.25) is 0 Å². The van der Waals surface area contributed by atoms with Crippen molar-refractivity contribution in [1.82, 2.24) is 0 Å². The van der Waals surface area contributed by atoms with Crippen LogP contribution in [0, 0.1) is 11.8 Å². The largest absolute Gasteiger partial charge is 0.496 e. The molecule has 0 spiro atoms. The highest BCUT2D eigenvalue weighted by atomic mass is 31.1. The van der Waals surface area contributed by atoms with Crippen LogP contribution in [0.3, 0.4) is 0 Å². The average molecular weight is 352 g/mol. The third-order valence-electron chi connectivity index (χ3n) is 6.02. The van der Waals surface area contributed by atoms with Gasteiger partial charge in [-0.2, -0.15) is 0 Å². The van der Waals surface area contributed by atoms with Crippen LogP contribution < -0.4 is 10.0 Å². The fraction of sp³-hybridized carbons (Fsp3) is 0.391. The minimum atomic E-state index is -0.563. The van der Waals surface area contributed by atoms with E-state index in [9.17, 15) is 0 Å². The zero-order valence-electron chi connectivity index (χ0n) is 15.9. The van der Waals surface area contributed by atoms with E-state index in [1.165, 1.54) is 5.30 Å². The van der Waals surface area contributed by atoms with Crippen LogP contribution in [0.25, 0.3) is 0 Å². The number of hydrogen-bond acceptors (Lipinski definition) is 1. The van der Waals surface area contributed by atoms with E-state index in [0.29, 0.717) is 11.8 Å². The van der Waals surface area contributed by atoms with Crippen molar-refractivity contribution >= 4 is 13.2 Å². The predicted octanol–water partition coefficient (Wildman–Crippen LogP) is 5.84. The average Bonchev–Trinajstić information content (AvgIpc) is 2.61. The number of allylic oxidation sites excluding steroid dienone is 8. The van der Waals surface area contributed by atoms with Gasteiger partial charge in [0.2, 0.25) is 0 Å². The Labute approximate surface area is 153 Å². The molecule has 0 N–H and O–H groups in total. The topological polar surface area (TPSA) is 9.23 Å². The van der Waals surface area contributed by atoms with Gasteiger partial charge in [-0.3, -0.25) is 0 Å². The molecule has 2 heteroatoms. The van der Waals surface area contributed by atoms with Crippen LogP contribution in [-0.4, -0.2) is 17.4 Å². The summed E-state index contributed by atoms with van der Waals surface area (Å²) in [5, 5.41) is 1.53. The van der Waals surface area contributed by atoms with Crippen molar-refractivity contribution in [3.8, 4) is 5.75 Å². The standard InChI is InChI=1S/C23H29OP/c1-18-12-8-10-16-22(18,3)25(21-15-7-6-14-20(21)24-5)23(4)17-11-9-13-19(23)2/h6-19H,1-5H3.